The van der Waals surface area contributed by atoms with Gasteiger partial charge in [-0.3, -0.25) is 4.79 Å². The van der Waals surface area contributed by atoms with Crippen molar-refractivity contribution in [3.05, 3.63) is 39.4 Å². The zero-order chi connectivity index (χ0) is 27.7. The van der Waals surface area contributed by atoms with E-state index in [0.29, 0.717) is 52.6 Å². The van der Waals surface area contributed by atoms with Crippen LogP contribution in [0.5, 0.6) is 5.75 Å². The van der Waals surface area contributed by atoms with E-state index in [-0.39, 0.29) is 18.5 Å². The molecule has 3 aromatic heterocycles. The summed E-state index contributed by atoms with van der Waals surface area (Å²) in [5.41, 5.74) is 9.40. The number of nitrogens with one attached hydrogen (secondary N) is 1. The molecule has 5 heterocycles. The van der Waals surface area contributed by atoms with Gasteiger partial charge in [0, 0.05) is 45.4 Å². The Kier molecular flexibility index (Phi) is 8.01. The van der Waals surface area contributed by atoms with E-state index in [1.807, 2.05) is 12.1 Å². The van der Waals surface area contributed by atoms with Crippen molar-refractivity contribution in [2.24, 2.45) is 0 Å². The van der Waals surface area contributed by atoms with Gasteiger partial charge in [-0.15, -0.1) is 11.3 Å². The Labute approximate surface area is 235 Å². The summed E-state index contributed by atoms with van der Waals surface area (Å²) in [6, 6.07) is 3.49. The summed E-state index contributed by atoms with van der Waals surface area (Å²) < 4.78 is 38.5. The van der Waals surface area contributed by atoms with Crippen LogP contribution in [-0.2, 0) is 14.8 Å². The van der Waals surface area contributed by atoms with Crippen molar-refractivity contribution in [2.45, 2.75) is 18.9 Å². The number of carbonyl (C=O) groups is 1. The molecule has 0 radical (unpaired) electrons. The summed E-state index contributed by atoms with van der Waals surface area (Å²) in [5.74, 6) is 0.517. The second-order valence-corrected chi connectivity index (χ2v) is 13.1. The number of methoxy groups -OCH3 is 1. The molecule has 0 unspecified atom stereocenters. The fraction of sp³-hybridized carbons (Fsp3) is 0.458. The minimum atomic E-state index is -3.33. The zero-order valence-electron chi connectivity index (χ0n) is 21.6. The molecule has 2 aliphatic heterocycles. The van der Waals surface area contributed by atoms with Gasteiger partial charge in [-0.05, 0) is 24.5 Å². The van der Waals surface area contributed by atoms with E-state index in [1.165, 1.54) is 28.2 Å². The third-order valence-corrected chi connectivity index (χ3v) is 9.23. The smallest absolute Gasteiger partial charge is 0.265 e. The van der Waals surface area contributed by atoms with Crippen molar-refractivity contribution < 1.29 is 22.7 Å². The van der Waals surface area contributed by atoms with Gasteiger partial charge in [0.25, 0.3) is 5.91 Å². The first-order valence-electron chi connectivity index (χ1n) is 12.4. The number of nitrogens with zero attached hydrogens (tertiary/aromatic N) is 5. The maximum Gasteiger partial charge on any atom is 0.265 e. The summed E-state index contributed by atoms with van der Waals surface area (Å²) in [4.78, 5) is 20.0. The molecule has 0 saturated carbocycles. The monoisotopic (exact) mass is 595 g/mol. The molecular weight excluding hydrogens is 566 g/mol. The molecule has 2 aliphatic rings. The lowest BCUT2D eigenvalue weighted by molar-refractivity contribution is 0.0930. The number of amides is 1. The number of nitrogen functional groups attached to an aromatic ring is 1. The molecule has 1 atom stereocenters. The lowest BCUT2D eigenvalue weighted by atomic mass is 10.0. The number of ether oxygens (including phenoxy) is 2. The highest BCUT2D eigenvalue weighted by Crippen LogP contribution is 2.36. The molecule has 3 aromatic rings. The van der Waals surface area contributed by atoms with Crippen molar-refractivity contribution in [3.63, 3.8) is 0 Å². The molecule has 12 nitrogen and oxygen atoms in total. The molecule has 5 rings (SSSR count). The van der Waals surface area contributed by atoms with Crippen molar-refractivity contribution in [1.29, 1.82) is 0 Å². The predicted octanol–water partition coefficient (Wildman–Crippen LogP) is 2.11. The fourth-order valence-corrected chi connectivity index (χ4v) is 6.68. The predicted molar refractivity (Wildman–Crippen MR) is 151 cm³/mol. The summed E-state index contributed by atoms with van der Waals surface area (Å²) in [6.07, 6.45) is 6.13. The van der Waals surface area contributed by atoms with E-state index in [9.17, 15) is 13.2 Å². The fourth-order valence-electron chi connectivity index (χ4n) is 4.90. The van der Waals surface area contributed by atoms with Gasteiger partial charge in [0.2, 0.25) is 10.0 Å². The number of aromatic nitrogens is 3. The number of anilines is 2. The maximum absolute atomic E-state index is 13.2. The van der Waals surface area contributed by atoms with Crippen LogP contribution in [0.15, 0.2) is 24.5 Å². The SMILES string of the molecule is COCCOc1cc(Cl)sc1C(=O)N[C@@H]1CCCN(c2cc(C3=CCN(S(C)(=O)=O)C3)n3ncnc(N)c23)C1. The molecule has 210 valence electrons. The average Bonchev–Trinajstić information content (AvgIpc) is 3.61. The quantitative estimate of drug-likeness (QED) is 0.355. The van der Waals surface area contributed by atoms with E-state index in [2.05, 4.69) is 20.3 Å². The number of nitrogens with two attached hydrogens (primary N) is 1. The molecule has 1 fully saturated rings. The Bertz CT molecular complexity index is 1520. The normalized spacial score (nSPS) is 18.5. The van der Waals surface area contributed by atoms with Crippen LogP contribution in [0.3, 0.4) is 0 Å². The molecule has 1 amide bonds. The Morgan fingerprint density at radius 1 is 1.33 bits per heavy atom. The number of piperidine rings is 1. The van der Waals surface area contributed by atoms with Crippen molar-refractivity contribution in [3.8, 4) is 5.75 Å². The molecule has 0 aromatic carbocycles. The first-order chi connectivity index (χ1) is 18.7. The topological polar surface area (TPSA) is 144 Å². The van der Waals surface area contributed by atoms with Gasteiger partial charge in [0.1, 0.15) is 29.1 Å². The van der Waals surface area contributed by atoms with Gasteiger partial charge in [-0.2, -0.15) is 9.40 Å². The third-order valence-electron chi connectivity index (χ3n) is 6.77. The van der Waals surface area contributed by atoms with Gasteiger partial charge in [-0.25, -0.2) is 17.9 Å². The number of halogens is 1. The number of hydrogen-bond acceptors (Lipinski definition) is 10. The number of hydrogen-bond donors (Lipinski definition) is 2. The molecule has 0 aliphatic carbocycles. The van der Waals surface area contributed by atoms with E-state index >= 15 is 0 Å². The van der Waals surface area contributed by atoms with Crippen LogP contribution in [0, 0.1) is 0 Å². The van der Waals surface area contributed by atoms with Crippen LogP contribution in [0.1, 0.15) is 28.2 Å². The number of fused-ring (bicyclic) bond motifs is 1. The first kappa shape index (κ1) is 27.6. The highest BCUT2D eigenvalue weighted by atomic mass is 35.5. The van der Waals surface area contributed by atoms with Crippen LogP contribution in [0.4, 0.5) is 11.5 Å². The lowest BCUT2D eigenvalue weighted by Gasteiger charge is -2.34. The minimum Gasteiger partial charge on any atom is -0.489 e. The van der Waals surface area contributed by atoms with Gasteiger partial charge in [0.15, 0.2) is 5.82 Å². The largest absolute Gasteiger partial charge is 0.489 e. The summed E-state index contributed by atoms with van der Waals surface area (Å²) >= 11 is 7.35. The van der Waals surface area contributed by atoms with E-state index in [0.717, 1.165) is 36.3 Å². The Hall–Kier alpha value is -2.91. The van der Waals surface area contributed by atoms with Crippen molar-refractivity contribution >= 4 is 61.5 Å². The van der Waals surface area contributed by atoms with Crippen LogP contribution < -0.4 is 20.7 Å². The van der Waals surface area contributed by atoms with Gasteiger partial charge in [-0.1, -0.05) is 17.7 Å². The average molecular weight is 596 g/mol. The van der Waals surface area contributed by atoms with Gasteiger partial charge in [0.05, 0.1) is 28.6 Å². The maximum atomic E-state index is 13.2. The molecule has 0 spiro atoms. The van der Waals surface area contributed by atoms with E-state index in [1.54, 1.807) is 17.7 Å². The van der Waals surface area contributed by atoms with Crippen LogP contribution in [0.2, 0.25) is 4.34 Å². The summed E-state index contributed by atoms with van der Waals surface area (Å²) in [5, 5.41) is 7.56. The van der Waals surface area contributed by atoms with Gasteiger partial charge < -0.3 is 25.4 Å². The Morgan fingerprint density at radius 2 is 2.15 bits per heavy atom. The summed E-state index contributed by atoms with van der Waals surface area (Å²) in [6.45, 7) is 2.57. The molecule has 15 heteroatoms. The van der Waals surface area contributed by atoms with Crippen molar-refractivity contribution in [1.82, 2.24) is 24.2 Å². The number of sulfonamides is 1. The minimum absolute atomic E-state index is 0.130. The van der Waals surface area contributed by atoms with E-state index < -0.39 is 10.0 Å². The standard InChI is InChI=1S/C24H30ClN7O5S2/c1-36-8-9-37-19-11-20(25)38-22(19)24(33)29-16-4-3-6-30(13-16)18-10-17(32-21(18)23(26)27-14-28-32)15-5-7-31(12-15)39(2,34)35/h5,10-11,14,16H,3-4,6-9,12-13H2,1-2H3,(H,29,33)(H2,26,27,28)/t16-/m1/s1. The van der Waals surface area contributed by atoms with Gasteiger partial charge >= 0.3 is 0 Å². The van der Waals surface area contributed by atoms with Crippen LogP contribution >= 0.6 is 22.9 Å². The van der Waals surface area contributed by atoms with Crippen molar-refractivity contribution in [2.75, 3.05) is 63.4 Å². The second-order valence-electron chi connectivity index (χ2n) is 9.45. The molecule has 3 N–H and O–H groups in total. The molecule has 39 heavy (non-hydrogen) atoms. The number of thiophene rings is 1. The molecular formula is C24H30ClN7O5S2. The molecule has 0 bridgehead atoms. The highest BCUT2D eigenvalue weighted by Gasteiger charge is 2.30. The zero-order valence-corrected chi connectivity index (χ0v) is 24.0. The Morgan fingerprint density at radius 3 is 2.90 bits per heavy atom. The molecule has 1 saturated heterocycles. The first-order valence-corrected chi connectivity index (χ1v) is 15.4. The van der Waals surface area contributed by atoms with Crippen LogP contribution in [-0.4, -0.2) is 92.0 Å². The number of carbonyl (C=O) groups excluding carboxylic acids is 1. The summed E-state index contributed by atoms with van der Waals surface area (Å²) in [7, 11) is -1.75. The Balaban J connectivity index is 1.37. The highest BCUT2D eigenvalue weighted by molar-refractivity contribution is 7.88. The third kappa shape index (κ3) is 5.84. The number of rotatable bonds is 9. The lowest BCUT2D eigenvalue weighted by Crippen LogP contribution is -2.47. The van der Waals surface area contributed by atoms with E-state index in [4.69, 9.17) is 26.8 Å². The van der Waals surface area contributed by atoms with Crippen LogP contribution in [0.25, 0.3) is 11.1 Å². The second kappa shape index (κ2) is 11.3.